The molecule has 0 spiro atoms. The van der Waals surface area contributed by atoms with Crippen molar-refractivity contribution in [2.45, 2.75) is 13.0 Å². The summed E-state index contributed by atoms with van der Waals surface area (Å²) in [5.74, 6) is -1.74. The monoisotopic (exact) mass is 424 g/mol. The maximum absolute atomic E-state index is 13.3. The molecule has 6 nitrogen and oxygen atoms in total. The SMILES string of the molecule is O=C1c2cc(-c3nnc(C(F)F)o3)cnc2CN1c1ccc(F)cc1Br. The number of rotatable bonds is 3. The molecule has 3 aromatic rings. The van der Waals surface area contributed by atoms with Crippen molar-refractivity contribution in [2.24, 2.45) is 0 Å². The second-order valence-corrected chi connectivity index (χ2v) is 6.31. The average molecular weight is 425 g/mol. The predicted octanol–water partition coefficient (Wildman–Crippen LogP) is 4.13. The molecule has 26 heavy (non-hydrogen) atoms. The van der Waals surface area contributed by atoms with Crippen LogP contribution in [0.3, 0.4) is 0 Å². The quantitative estimate of drug-likeness (QED) is 0.631. The number of alkyl halides is 2. The maximum Gasteiger partial charge on any atom is 0.314 e. The molecule has 0 N–H and O–H groups in total. The molecule has 0 fully saturated rings. The Hall–Kier alpha value is -2.75. The summed E-state index contributed by atoms with van der Waals surface area (Å²) in [6, 6.07) is 5.45. The molecule has 132 valence electrons. The summed E-state index contributed by atoms with van der Waals surface area (Å²) in [6.45, 7) is 0.199. The molecule has 1 aromatic carbocycles. The Balaban J connectivity index is 1.68. The lowest BCUT2D eigenvalue weighted by molar-refractivity contribution is 0.0996. The van der Waals surface area contributed by atoms with Crippen LogP contribution in [0.2, 0.25) is 0 Å². The lowest BCUT2D eigenvalue weighted by Crippen LogP contribution is -2.23. The number of carbonyl (C=O) groups excluding carboxylic acids is 1. The molecule has 3 heterocycles. The zero-order valence-electron chi connectivity index (χ0n) is 12.8. The number of hydrogen-bond donors (Lipinski definition) is 0. The molecule has 0 unspecified atom stereocenters. The number of amides is 1. The molecule has 1 aliphatic rings. The normalized spacial score (nSPS) is 13.6. The van der Waals surface area contributed by atoms with Crippen LogP contribution in [-0.2, 0) is 6.54 Å². The highest BCUT2D eigenvalue weighted by molar-refractivity contribution is 9.10. The van der Waals surface area contributed by atoms with Gasteiger partial charge in [-0.05, 0) is 40.2 Å². The summed E-state index contributed by atoms with van der Waals surface area (Å²) in [4.78, 5) is 18.3. The highest BCUT2D eigenvalue weighted by atomic mass is 79.9. The first-order valence-corrected chi connectivity index (χ1v) is 8.11. The topological polar surface area (TPSA) is 72.1 Å². The van der Waals surface area contributed by atoms with Gasteiger partial charge in [0.05, 0.1) is 29.1 Å². The smallest absolute Gasteiger partial charge is 0.314 e. The molecule has 0 saturated carbocycles. The van der Waals surface area contributed by atoms with E-state index in [1.54, 1.807) is 0 Å². The van der Waals surface area contributed by atoms with Crippen molar-refractivity contribution < 1.29 is 22.4 Å². The number of fused-ring (bicyclic) bond motifs is 1. The number of carbonyl (C=O) groups is 1. The molecule has 0 aliphatic carbocycles. The van der Waals surface area contributed by atoms with Gasteiger partial charge >= 0.3 is 6.43 Å². The minimum Gasteiger partial charge on any atom is -0.415 e. The van der Waals surface area contributed by atoms with Crippen molar-refractivity contribution in [2.75, 3.05) is 4.90 Å². The Kier molecular flexibility index (Phi) is 3.98. The van der Waals surface area contributed by atoms with Crippen LogP contribution in [0.25, 0.3) is 11.5 Å². The lowest BCUT2D eigenvalue weighted by Gasteiger charge is -2.17. The summed E-state index contributed by atoms with van der Waals surface area (Å²) >= 11 is 3.24. The molecule has 0 radical (unpaired) electrons. The Labute approximate surface area is 152 Å². The Morgan fingerprint density at radius 2 is 2.04 bits per heavy atom. The number of pyridine rings is 1. The summed E-state index contributed by atoms with van der Waals surface area (Å²) in [5.41, 5.74) is 1.55. The molecular weight excluding hydrogens is 417 g/mol. The molecule has 0 bridgehead atoms. The fraction of sp³-hybridized carbons (Fsp3) is 0.125. The first kappa shape index (κ1) is 16.7. The third-order valence-corrected chi connectivity index (χ3v) is 4.46. The van der Waals surface area contributed by atoms with Gasteiger partial charge in [0, 0.05) is 10.7 Å². The third kappa shape index (κ3) is 2.75. The van der Waals surface area contributed by atoms with Gasteiger partial charge < -0.3 is 9.32 Å². The summed E-state index contributed by atoms with van der Waals surface area (Å²) in [5, 5.41) is 6.80. The van der Waals surface area contributed by atoms with E-state index in [1.807, 2.05) is 0 Å². The summed E-state index contributed by atoms with van der Waals surface area (Å²) in [7, 11) is 0. The standard InChI is InChI=1S/C16H8BrF3N4O2/c17-10-4-8(18)1-2-12(10)24-6-11-9(16(24)25)3-7(5-21-11)14-22-23-15(26-14)13(19)20/h1-5,13H,6H2. The molecule has 4 rings (SSSR count). The van der Waals surface area contributed by atoms with Gasteiger partial charge in [-0.3, -0.25) is 9.78 Å². The molecule has 1 aliphatic heterocycles. The van der Waals surface area contributed by atoms with Gasteiger partial charge in [-0.15, -0.1) is 10.2 Å². The largest absolute Gasteiger partial charge is 0.415 e. The number of hydrogen-bond acceptors (Lipinski definition) is 5. The highest BCUT2D eigenvalue weighted by Gasteiger charge is 2.32. The van der Waals surface area contributed by atoms with Crippen molar-refractivity contribution in [3.05, 3.63) is 57.9 Å². The fourth-order valence-corrected chi connectivity index (χ4v) is 3.19. The summed E-state index contributed by atoms with van der Waals surface area (Å²) < 4.78 is 43.7. The van der Waals surface area contributed by atoms with Crippen molar-refractivity contribution in [3.63, 3.8) is 0 Å². The Morgan fingerprint density at radius 3 is 2.73 bits per heavy atom. The van der Waals surface area contributed by atoms with Gasteiger partial charge in [-0.2, -0.15) is 8.78 Å². The second-order valence-electron chi connectivity index (χ2n) is 5.45. The molecule has 2 aromatic heterocycles. The van der Waals surface area contributed by atoms with Crippen LogP contribution in [0.15, 0.2) is 39.4 Å². The van der Waals surface area contributed by atoms with Gasteiger partial charge in [-0.25, -0.2) is 4.39 Å². The lowest BCUT2D eigenvalue weighted by atomic mass is 10.1. The van der Waals surface area contributed by atoms with Crippen LogP contribution in [0, 0.1) is 5.82 Å². The van der Waals surface area contributed by atoms with Crippen molar-refractivity contribution in [1.29, 1.82) is 0 Å². The van der Waals surface area contributed by atoms with Crippen LogP contribution in [0.1, 0.15) is 28.4 Å². The fourth-order valence-electron chi connectivity index (χ4n) is 2.62. The van der Waals surface area contributed by atoms with E-state index in [-0.39, 0.29) is 29.5 Å². The summed E-state index contributed by atoms with van der Waals surface area (Å²) in [6.07, 6.45) is -1.51. The van der Waals surface area contributed by atoms with Crippen molar-refractivity contribution in [1.82, 2.24) is 15.2 Å². The van der Waals surface area contributed by atoms with E-state index in [4.69, 9.17) is 4.42 Å². The van der Waals surface area contributed by atoms with E-state index >= 15 is 0 Å². The van der Waals surface area contributed by atoms with Crippen molar-refractivity contribution in [3.8, 4) is 11.5 Å². The van der Waals surface area contributed by atoms with Crippen LogP contribution in [0.4, 0.5) is 18.9 Å². The number of halogens is 4. The van der Waals surface area contributed by atoms with E-state index < -0.39 is 18.1 Å². The van der Waals surface area contributed by atoms with E-state index in [0.29, 0.717) is 15.9 Å². The van der Waals surface area contributed by atoms with E-state index in [1.165, 1.54) is 35.4 Å². The number of nitrogens with zero attached hydrogens (tertiary/aromatic N) is 4. The van der Waals surface area contributed by atoms with Gasteiger partial charge in [0.2, 0.25) is 5.89 Å². The van der Waals surface area contributed by atoms with Crippen LogP contribution in [-0.4, -0.2) is 21.1 Å². The number of benzene rings is 1. The Morgan fingerprint density at radius 1 is 1.23 bits per heavy atom. The Bertz CT molecular complexity index is 1020. The van der Waals surface area contributed by atoms with Gasteiger partial charge in [0.1, 0.15) is 5.82 Å². The first-order chi connectivity index (χ1) is 12.4. The molecule has 0 saturated heterocycles. The van der Waals surface area contributed by atoms with Gasteiger partial charge in [0.15, 0.2) is 0 Å². The third-order valence-electron chi connectivity index (χ3n) is 3.83. The molecule has 10 heteroatoms. The van der Waals surface area contributed by atoms with Crippen molar-refractivity contribution >= 4 is 27.5 Å². The molecular formula is C16H8BrF3N4O2. The predicted molar refractivity (Wildman–Crippen MR) is 87.1 cm³/mol. The highest BCUT2D eigenvalue weighted by Crippen LogP contribution is 2.34. The van der Waals surface area contributed by atoms with Crippen LogP contribution >= 0.6 is 15.9 Å². The second kappa shape index (κ2) is 6.20. The first-order valence-electron chi connectivity index (χ1n) is 7.32. The van der Waals surface area contributed by atoms with E-state index in [2.05, 4.69) is 31.1 Å². The minimum absolute atomic E-state index is 0.148. The molecule has 1 amide bonds. The van der Waals surface area contributed by atoms with E-state index in [9.17, 15) is 18.0 Å². The molecule has 0 atom stereocenters. The number of anilines is 1. The maximum atomic E-state index is 13.3. The number of aromatic nitrogens is 3. The minimum atomic E-state index is -2.88. The van der Waals surface area contributed by atoms with Crippen LogP contribution in [0.5, 0.6) is 0 Å². The van der Waals surface area contributed by atoms with Gasteiger partial charge in [-0.1, -0.05) is 0 Å². The van der Waals surface area contributed by atoms with E-state index in [0.717, 1.165) is 0 Å². The average Bonchev–Trinajstić information content (AvgIpc) is 3.21. The zero-order chi connectivity index (χ0) is 18.4. The zero-order valence-corrected chi connectivity index (χ0v) is 14.4. The van der Waals surface area contributed by atoms with Crippen LogP contribution < -0.4 is 4.90 Å². The van der Waals surface area contributed by atoms with Gasteiger partial charge in [0.25, 0.3) is 11.8 Å².